The SMILES string of the molecule is Nc1nc2[nH]c(CCC#Cc3csc(C(=O)N[C@@H](CCC(=O)O)C(=O)O)c3)cc2c(=O)[nH]1. The molecule has 0 saturated carbocycles. The topological polar surface area (TPSA) is 191 Å². The van der Waals surface area contributed by atoms with Crippen LogP contribution in [-0.2, 0) is 16.0 Å². The van der Waals surface area contributed by atoms with E-state index in [2.05, 4.69) is 32.1 Å². The van der Waals surface area contributed by atoms with Gasteiger partial charge in [0.15, 0.2) is 0 Å². The van der Waals surface area contributed by atoms with Crippen molar-refractivity contribution in [2.75, 3.05) is 5.73 Å². The van der Waals surface area contributed by atoms with E-state index < -0.39 is 23.9 Å². The predicted octanol–water partition coefficient (Wildman–Crippen LogP) is 0.927. The molecular formula is C20H19N5O6S. The molecule has 3 aromatic rings. The highest BCUT2D eigenvalue weighted by molar-refractivity contribution is 7.12. The molecule has 7 N–H and O–H groups in total. The van der Waals surface area contributed by atoms with E-state index >= 15 is 0 Å². The van der Waals surface area contributed by atoms with Crippen LogP contribution in [0.5, 0.6) is 0 Å². The Morgan fingerprint density at radius 2 is 2.03 bits per heavy atom. The summed E-state index contributed by atoms with van der Waals surface area (Å²) in [6, 6.07) is 1.94. The molecule has 3 heterocycles. The van der Waals surface area contributed by atoms with Gasteiger partial charge >= 0.3 is 11.9 Å². The quantitative estimate of drug-likeness (QED) is 0.269. The predicted molar refractivity (Wildman–Crippen MR) is 116 cm³/mol. The summed E-state index contributed by atoms with van der Waals surface area (Å²) < 4.78 is 0. The molecule has 1 amide bonds. The number of amides is 1. The standard InChI is InChI=1S/C20H19N5O6S/c21-20-24-16-12(17(28)25-20)8-11(22-16)4-2-1-3-10-7-14(32-9-10)18(29)23-13(19(30)31)5-6-15(26)27/h7-9,13H,2,4-6H2,(H,23,29)(H,26,27)(H,30,31)(H4,21,22,24,25,28)/t13-/m0/s1. The van der Waals surface area contributed by atoms with E-state index in [1.165, 1.54) is 6.07 Å². The number of aromatic amines is 2. The lowest BCUT2D eigenvalue weighted by molar-refractivity contribution is -0.140. The summed E-state index contributed by atoms with van der Waals surface area (Å²) in [7, 11) is 0. The monoisotopic (exact) mass is 457 g/mol. The first-order valence-electron chi connectivity index (χ1n) is 9.43. The summed E-state index contributed by atoms with van der Waals surface area (Å²) in [6.45, 7) is 0. The van der Waals surface area contributed by atoms with Gasteiger partial charge in [-0.1, -0.05) is 11.8 Å². The number of carboxylic acids is 2. The van der Waals surface area contributed by atoms with Gasteiger partial charge < -0.3 is 26.2 Å². The molecule has 12 heteroatoms. The highest BCUT2D eigenvalue weighted by atomic mass is 32.1. The van der Waals surface area contributed by atoms with Gasteiger partial charge in [-0.05, 0) is 25.0 Å². The van der Waals surface area contributed by atoms with Gasteiger partial charge in [-0.2, -0.15) is 4.98 Å². The van der Waals surface area contributed by atoms with Crippen molar-refractivity contribution in [1.82, 2.24) is 20.3 Å². The number of nitrogens with one attached hydrogen (secondary N) is 3. The van der Waals surface area contributed by atoms with Crippen LogP contribution in [0.3, 0.4) is 0 Å². The molecule has 3 aromatic heterocycles. The zero-order chi connectivity index (χ0) is 23.3. The largest absolute Gasteiger partial charge is 0.481 e. The van der Waals surface area contributed by atoms with Crippen molar-refractivity contribution in [1.29, 1.82) is 0 Å². The summed E-state index contributed by atoms with van der Waals surface area (Å²) in [4.78, 5) is 55.7. The Kier molecular flexibility index (Phi) is 6.91. The van der Waals surface area contributed by atoms with Gasteiger partial charge in [0.25, 0.3) is 11.5 Å². The van der Waals surface area contributed by atoms with Crippen LogP contribution in [0.25, 0.3) is 11.0 Å². The summed E-state index contributed by atoms with van der Waals surface area (Å²) in [5.41, 5.74) is 6.99. The molecule has 0 saturated heterocycles. The third-order valence-electron chi connectivity index (χ3n) is 4.40. The summed E-state index contributed by atoms with van der Waals surface area (Å²) >= 11 is 1.11. The molecule has 0 bridgehead atoms. The van der Waals surface area contributed by atoms with E-state index in [0.717, 1.165) is 17.0 Å². The number of carbonyl (C=O) groups excluding carboxylic acids is 1. The summed E-state index contributed by atoms with van der Waals surface area (Å²) in [5.74, 6) is 2.90. The molecule has 32 heavy (non-hydrogen) atoms. The maximum Gasteiger partial charge on any atom is 0.326 e. The van der Waals surface area contributed by atoms with Crippen LogP contribution in [0.2, 0.25) is 0 Å². The van der Waals surface area contributed by atoms with Gasteiger partial charge in [-0.25, -0.2) is 4.79 Å². The number of thiophene rings is 1. The molecule has 3 rings (SSSR count). The molecule has 0 aromatic carbocycles. The molecule has 0 radical (unpaired) electrons. The molecule has 166 valence electrons. The molecule has 0 aliphatic rings. The number of nitrogens with two attached hydrogens (primary N) is 1. The highest BCUT2D eigenvalue weighted by Crippen LogP contribution is 2.15. The second-order valence-corrected chi connectivity index (χ2v) is 7.72. The third-order valence-corrected chi connectivity index (χ3v) is 5.33. The number of fused-ring (bicyclic) bond motifs is 1. The Hall–Kier alpha value is -4.11. The van der Waals surface area contributed by atoms with E-state index in [4.69, 9.17) is 15.9 Å². The molecule has 0 spiro atoms. The van der Waals surface area contributed by atoms with Crippen molar-refractivity contribution in [2.24, 2.45) is 0 Å². The van der Waals surface area contributed by atoms with E-state index in [0.29, 0.717) is 29.4 Å². The van der Waals surface area contributed by atoms with Gasteiger partial charge in [0.2, 0.25) is 5.95 Å². The number of H-pyrrole nitrogens is 2. The average Bonchev–Trinajstić information content (AvgIpc) is 3.35. The zero-order valence-corrected chi connectivity index (χ0v) is 17.4. The normalized spacial score (nSPS) is 11.5. The zero-order valence-electron chi connectivity index (χ0n) is 16.6. The molecule has 0 fully saturated rings. The van der Waals surface area contributed by atoms with Gasteiger partial charge in [0, 0.05) is 29.5 Å². The fraction of sp³-hybridized carbons (Fsp3) is 0.250. The average molecular weight is 457 g/mol. The smallest absolute Gasteiger partial charge is 0.326 e. The van der Waals surface area contributed by atoms with Crippen molar-refractivity contribution in [3.63, 3.8) is 0 Å². The Morgan fingerprint density at radius 3 is 2.75 bits per heavy atom. The Balaban J connectivity index is 1.58. The number of carbonyl (C=O) groups is 3. The number of aliphatic carboxylic acids is 2. The number of carboxylic acid groups (broad SMARTS) is 2. The van der Waals surface area contributed by atoms with Crippen LogP contribution in [-0.4, -0.2) is 49.1 Å². The lowest BCUT2D eigenvalue weighted by Crippen LogP contribution is -2.40. The summed E-state index contributed by atoms with van der Waals surface area (Å²) in [5, 5.41) is 22.2. The molecule has 11 nitrogen and oxygen atoms in total. The number of aryl methyl sites for hydroxylation is 1. The first-order valence-corrected chi connectivity index (χ1v) is 10.3. The lowest BCUT2D eigenvalue weighted by Gasteiger charge is -2.12. The number of anilines is 1. The molecule has 0 aliphatic carbocycles. The number of nitrogen functional groups attached to an aromatic ring is 1. The van der Waals surface area contributed by atoms with Crippen molar-refractivity contribution < 1.29 is 24.6 Å². The van der Waals surface area contributed by atoms with Crippen molar-refractivity contribution >= 4 is 46.2 Å². The van der Waals surface area contributed by atoms with Crippen LogP contribution in [0.1, 0.15) is 40.2 Å². The van der Waals surface area contributed by atoms with Crippen LogP contribution >= 0.6 is 11.3 Å². The molecular weight excluding hydrogens is 438 g/mol. The molecule has 0 unspecified atom stereocenters. The number of rotatable bonds is 8. The Morgan fingerprint density at radius 1 is 1.25 bits per heavy atom. The Bertz CT molecular complexity index is 1300. The van der Waals surface area contributed by atoms with E-state index in [1.807, 2.05) is 0 Å². The highest BCUT2D eigenvalue weighted by Gasteiger charge is 2.22. The fourth-order valence-electron chi connectivity index (χ4n) is 2.86. The summed E-state index contributed by atoms with van der Waals surface area (Å²) in [6.07, 6.45) is 0.445. The van der Waals surface area contributed by atoms with Gasteiger partial charge in [0.1, 0.15) is 11.7 Å². The first kappa shape index (κ1) is 22.6. The van der Waals surface area contributed by atoms with Crippen LogP contribution < -0.4 is 16.6 Å². The van der Waals surface area contributed by atoms with Crippen molar-refractivity contribution in [3.05, 3.63) is 44.0 Å². The van der Waals surface area contributed by atoms with Gasteiger partial charge in [-0.3, -0.25) is 19.4 Å². The van der Waals surface area contributed by atoms with Crippen LogP contribution in [0, 0.1) is 11.8 Å². The number of hydrogen-bond donors (Lipinski definition) is 6. The van der Waals surface area contributed by atoms with Crippen LogP contribution in [0.15, 0.2) is 22.3 Å². The lowest BCUT2D eigenvalue weighted by atomic mass is 10.1. The maximum absolute atomic E-state index is 12.3. The number of hydrogen-bond acceptors (Lipinski definition) is 7. The maximum atomic E-state index is 12.3. The second kappa shape index (κ2) is 9.80. The number of aromatic nitrogens is 3. The fourth-order valence-corrected chi connectivity index (χ4v) is 3.61. The second-order valence-electron chi connectivity index (χ2n) is 6.81. The van der Waals surface area contributed by atoms with E-state index in [1.54, 1.807) is 11.4 Å². The van der Waals surface area contributed by atoms with Gasteiger partial charge in [0.05, 0.1) is 10.3 Å². The van der Waals surface area contributed by atoms with E-state index in [9.17, 15) is 19.2 Å². The van der Waals surface area contributed by atoms with Crippen molar-refractivity contribution in [3.8, 4) is 11.8 Å². The Labute approximate surface area is 184 Å². The third kappa shape index (κ3) is 5.73. The van der Waals surface area contributed by atoms with Crippen molar-refractivity contribution in [2.45, 2.75) is 31.7 Å². The minimum atomic E-state index is -1.30. The van der Waals surface area contributed by atoms with Crippen LogP contribution in [0.4, 0.5) is 5.95 Å². The molecule has 0 aliphatic heterocycles. The van der Waals surface area contributed by atoms with E-state index in [-0.39, 0.29) is 29.2 Å². The number of nitrogens with zero attached hydrogens (tertiary/aromatic N) is 1. The minimum absolute atomic E-state index is 0.0320. The molecule has 1 atom stereocenters. The first-order chi connectivity index (χ1) is 15.2. The van der Waals surface area contributed by atoms with Gasteiger partial charge in [-0.15, -0.1) is 11.3 Å². The minimum Gasteiger partial charge on any atom is -0.481 e.